The third kappa shape index (κ3) is 2.66. The lowest BCUT2D eigenvalue weighted by atomic mass is 10.1. The Kier molecular flexibility index (Phi) is 3.78. The summed E-state index contributed by atoms with van der Waals surface area (Å²) in [6.45, 7) is 1.82. The van der Waals surface area contributed by atoms with Crippen molar-refractivity contribution in [2.75, 3.05) is 0 Å². The van der Waals surface area contributed by atoms with Crippen LogP contribution in [0.15, 0.2) is 34.8 Å². The molecule has 0 spiro atoms. The average molecular weight is 289 g/mol. The molecular weight excluding hydrogens is 276 g/mol. The van der Waals surface area contributed by atoms with Crippen molar-refractivity contribution in [3.8, 4) is 11.8 Å². The largest absolute Gasteiger partial charge is 0.322 e. The smallest absolute Gasteiger partial charge is 0.0730 e. The molecule has 1 atom stereocenters. The van der Waals surface area contributed by atoms with E-state index in [2.05, 4.69) is 38.8 Å². The van der Waals surface area contributed by atoms with Crippen LogP contribution in [0.5, 0.6) is 0 Å². The molecule has 1 aromatic carbocycles. The minimum absolute atomic E-state index is 0.151. The summed E-state index contributed by atoms with van der Waals surface area (Å²) < 4.78 is 0.946. The van der Waals surface area contributed by atoms with E-state index >= 15 is 0 Å². The molecule has 0 amide bonds. The van der Waals surface area contributed by atoms with Gasteiger partial charge in [-0.15, -0.1) is 11.8 Å². The molecule has 0 bridgehead atoms. The highest BCUT2D eigenvalue weighted by molar-refractivity contribution is 9.10. The van der Waals surface area contributed by atoms with Gasteiger partial charge in [-0.3, -0.25) is 0 Å². The van der Waals surface area contributed by atoms with Gasteiger partial charge in [-0.25, -0.2) is 4.98 Å². The second kappa shape index (κ2) is 5.31. The first-order valence-electron chi connectivity index (χ1n) is 5.42. The van der Waals surface area contributed by atoms with Crippen molar-refractivity contribution in [1.82, 2.24) is 4.98 Å². The maximum Gasteiger partial charge on any atom is 0.0730 e. The van der Waals surface area contributed by atoms with Gasteiger partial charge >= 0.3 is 0 Å². The van der Waals surface area contributed by atoms with Gasteiger partial charge in [0, 0.05) is 16.3 Å². The molecule has 2 aromatic rings. The number of para-hydroxylation sites is 1. The van der Waals surface area contributed by atoms with Crippen molar-refractivity contribution in [1.29, 1.82) is 0 Å². The summed E-state index contributed by atoms with van der Waals surface area (Å²) in [4.78, 5) is 4.59. The second-order valence-electron chi connectivity index (χ2n) is 3.79. The molecular formula is C14H13BrN2. The van der Waals surface area contributed by atoms with Crippen molar-refractivity contribution < 1.29 is 0 Å². The number of nitrogens with two attached hydrogens (primary N) is 1. The molecule has 86 valence electrons. The number of halogens is 1. The van der Waals surface area contributed by atoms with Crippen LogP contribution in [0.3, 0.4) is 0 Å². The molecule has 3 heteroatoms. The van der Waals surface area contributed by atoms with Crippen molar-refractivity contribution in [2.24, 2.45) is 5.73 Å². The Balaban J connectivity index is 2.45. The molecule has 0 aliphatic rings. The summed E-state index contributed by atoms with van der Waals surface area (Å²) in [6, 6.07) is 9.90. The Morgan fingerprint density at radius 2 is 2.18 bits per heavy atom. The molecule has 2 nitrogen and oxygen atoms in total. The van der Waals surface area contributed by atoms with Crippen LogP contribution in [0.2, 0.25) is 0 Å². The number of hydrogen-bond donors (Lipinski definition) is 1. The molecule has 0 aliphatic carbocycles. The van der Waals surface area contributed by atoms with Crippen molar-refractivity contribution >= 4 is 26.8 Å². The number of nitrogens with zero attached hydrogens (tertiary/aromatic N) is 1. The molecule has 0 fully saturated rings. The van der Waals surface area contributed by atoms with E-state index in [-0.39, 0.29) is 6.04 Å². The Bertz CT molecular complexity index is 596. The lowest BCUT2D eigenvalue weighted by Gasteiger charge is -2.11. The van der Waals surface area contributed by atoms with Crippen LogP contribution >= 0.6 is 15.9 Å². The number of hydrogen-bond acceptors (Lipinski definition) is 2. The molecule has 1 unspecified atom stereocenters. The predicted octanol–water partition coefficient (Wildman–Crippen LogP) is 3.41. The minimum Gasteiger partial charge on any atom is -0.322 e. The summed E-state index contributed by atoms with van der Waals surface area (Å²) in [5, 5.41) is 1.11. The van der Waals surface area contributed by atoms with E-state index in [0.717, 1.165) is 21.1 Å². The average Bonchev–Trinajstić information content (AvgIpc) is 2.35. The lowest BCUT2D eigenvalue weighted by Crippen LogP contribution is -2.12. The van der Waals surface area contributed by atoms with E-state index in [1.165, 1.54) is 0 Å². The standard InChI is InChI=1S/C14H13BrN2/c1-2-3-7-12(16)14-11(15)9-10-6-4-5-8-13(10)17-14/h4-6,8-9,12H,7,16H2,1H3. The molecule has 2 rings (SSSR count). The van der Waals surface area contributed by atoms with Gasteiger partial charge in [-0.05, 0) is 35.0 Å². The maximum atomic E-state index is 6.08. The number of rotatable bonds is 2. The van der Waals surface area contributed by atoms with Crippen LogP contribution in [-0.4, -0.2) is 4.98 Å². The van der Waals surface area contributed by atoms with E-state index in [4.69, 9.17) is 5.73 Å². The fourth-order valence-electron chi connectivity index (χ4n) is 1.67. The van der Waals surface area contributed by atoms with E-state index < -0.39 is 0 Å². The van der Waals surface area contributed by atoms with Gasteiger partial charge in [0.25, 0.3) is 0 Å². The lowest BCUT2D eigenvalue weighted by molar-refractivity contribution is 0.724. The second-order valence-corrected chi connectivity index (χ2v) is 4.64. The van der Waals surface area contributed by atoms with Gasteiger partial charge < -0.3 is 5.73 Å². The highest BCUT2D eigenvalue weighted by Gasteiger charge is 2.11. The fourth-order valence-corrected chi connectivity index (χ4v) is 2.30. The Morgan fingerprint density at radius 1 is 1.41 bits per heavy atom. The molecule has 1 aromatic heterocycles. The van der Waals surface area contributed by atoms with Crippen LogP contribution in [0, 0.1) is 11.8 Å². The van der Waals surface area contributed by atoms with Crippen LogP contribution in [0.4, 0.5) is 0 Å². The van der Waals surface area contributed by atoms with Gasteiger partial charge in [-0.1, -0.05) is 18.2 Å². The number of aromatic nitrogens is 1. The van der Waals surface area contributed by atoms with Crippen LogP contribution in [-0.2, 0) is 0 Å². The van der Waals surface area contributed by atoms with E-state index in [1.54, 1.807) is 0 Å². The summed E-state index contributed by atoms with van der Waals surface area (Å²) >= 11 is 3.52. The topological polar surface area (TPSA) is 38.9 Å². The molecule has 0 radical (unpaired) electrons. The first-order valence-corrected chi connectivity index (χ1v) is 6.22. The van der Waals surface area contributed by atoms with Crippen molar-refractivity contribution in [2.45, 2.75) is 19.4 Å². The van der Waals surface area contributed by atoms with Crippen LogP contribution < -0.4 is 5.73 Å². The van der Waals surface area contributed by atoms with Gasteiger partial charge in [0.05, 0.1) is 17.3 Å². The van der Waals surface area contributed by atoms with Gasteiger partial charge in [-0.2, -0.15) is 0 Å². The van der Waals surface area contributed by atoms with Gasteiger partial charge in [0.1, 0.15) is 0 Å². The number of benzene rings is 1. The normalized spacial score (nSPS) is 11.9. The summed E-state index contributed by atoms with van der Waals surface area (Å²) in [5.41, 5.74) is 7.91. The summed E-state index contributed by atoms with van der Waals surface area (Å²) in [6.07, 6.45) is 0.625. The molecule has 0 saturated carbocycles. The third-order valence-corrected chi connectivity index (χ3v) is 3.19. The monoisotopic (exact) mass is 288 g/mol. The Labute approximate surface area is 109 Å². The molecule has 0 saturated heterocycles. The van der Waals surface area contributed by atoms with E-state index in [1.807, 2.05) is 31.2 Å². The Morgan fingerprint density at radius 3 is 2.94 bits per heavy atom. The van der Waals surface area contributed by atoms with Crippen LogP contribution in [0.1, 0.15) is 25.1 Å². The van der Waals surface area contributed by atoms with Crippen molar-refractivity contribution in [3.05, 3.63) is 40.5 Å². The SMILES string of the molecule is CC#CCC(N)c1nc2ccccc2cc1Br. The third-order valence-electron chi connectivity index (χ3n) is 2.55. The predicted molar refractivity (Wildman–Crippen MR) is 74.4 cm³/mol. The zero-order valence-electron chi connectivity index (χ0n) is 9.57. The van der Waals surface area contributed by atoms with Gasteiger partial charge in [0.2, 0.25) is 0 Å². The number of pyridine rings is 1. The highest BCUT2D eigenvalue weighted by atomic mass is 79.9. The fraction of sp³-hybridized carbons (Fsp3) is 0.214. The zero-order valence-corrected chi connectivity index (χ0v) is 11.2. The summed E-state index contributed by atoms with van der Waals surface area (Å²) in [5.74, 6) is 5.84. The number of fused-ring (bicyclic) bond motifs is 1. The Hall–Kier alpha value is -1.37. The first kappa shape index (κ1) is 12.1. The quantitative estimate of drug-likeness (QED) is 0.860. The zero-order chi connectivity index (χ0) is 12.3. The van der Waals surface area contributed by atoms with Crippen LogP contribution in [0.25, 0.3) is 10.9 Å². The minimum atomic E-state index is -0.151. The summed E-state index contributed by atoms with van der Waals surface area (Å²) in [7, 11) is 0. The first-order chi connectivity index (χ1) is 8.22. The van der Waals surface area contributed by atoms with E-state index in [0.29, 0.717) is 6.42 Å². The molecule has 1 heterocycles. The molecule has 2 N–H and O–H groups in total. The molecule has 17 heavy (non-hydrogen) atoms. The molecule has 0 aliphatic heterocycles. The van der Waals surface area contributed by atoms with E-state index in [9.17, 15) is 0 Å². The highest BCUT2D eigenvalue weighted by Crippen LogP contribution is 2.26. The maximum absolute atomic E-state index is 6.08. The van der Waals surface area contributed by atoms with Gasteiger partial charge in [0.15, 0.2) is 0 Å². The van der Waals surface area contributed by atoms with Crippen molar-refractivity contribution in [3.63, 3.8) is 0 Å².